The summed E-state index contributed by atoms with van der Waals surface area (Å²) in [6, 6.07) is 3.75. The Labute approximate surface area is 129 Å². The van der Waals surface area contributed by atoms with Gasteiger partial charge in [0.05, 0.1) is 4.34 Å². The van der Waals surface area contributed by atoms with Gasteiger partial charge in [0.2, 0.25) is 0 Å². The number of piperidine rings is 1. The van der Waals surface area contributed by atoms with E-state index < -0.39 is 10.2 Å². The molecule has 0 aromatic carbocycles. The predicted octanol–water partition coefficient (Wildman–Crippen LogP) is 1.45. The first-order valence-electron chi connectivity index (χ1n) is 6.70. The summed E-state index contributed by atoms with van der Waals surface area (Å²) in [6.45, 7) is 2.15. The number of nitrogens with two attached hydrogens (primary N) is 1. The van der Waals surface area contributed by atoms with Gasteiger partial charge in [-0.15, -0.1) is 11.3 Å². The lowest BCUT2D eigenvalue weighted by molar-refractivity contribution is 0.276. The van der Waals surface area contributed by atoms with Crippen molar-refractivity contribution in [1.82, 2.24) is 9.03 Å². The second-order valence-corrected chi connectivity index (χ2v) is 8.49. The van der Waals surface area contributed by atoms with Crippen molar-refractivity contribution in [2.45, 2.75) is 19.3 Å². The van der Waals surface area contributed by atoms with Crippen LogP contribution in [-0.2, 0) is 16.6 Å². The van der Waals surface area contributed by atoms with Crippen LogP contribution in [-0.4, -0.2) is 38.9 Å². The van der Waals surface area contributed by atoms with Crippen LogP contribution in [0.2, 0.25) is 4.34 Å². The molecule has 0 aliphatic carbocycles. The number of nitrogens with zero attached hydrogens (tertiary/aromatic N) is 1. The monoisotopic (exact) mass is 337 g/mol. The summed E-state index contributed by atoms with van der Waals surface area (Å²) in [5.41, 5.74) is 5.61. The van der Waals surface area contributed by atoms with E-state index in [9.17, 15) is 8.42 Å². The third-order valence-corrected chi connectivity index (χ3v) is 6.44. The number of nitrogens with one attached hydrogen (secondary N) is 1. The van der Waals surface area contributed by atoms with E-state index in [2.05, 4.69) is 4.72 Å². The molecular formula is C12H20ClN3O2S2. The highest BCUT2D eigenvalue weighted by molar-refractivity contribution is 7.87. The Kier molecular flexibility index (Phi) is 5.83. The Balaban J connectivity index is 1.79. The molecule has 0 bridgehead atoms. The van der Waals surface area contributed by atoms with Gasteiger partial charge in [0.15, 0.2) is 0 Å². The van der Waals surface area contributed by atoms with E-state index in [1.165, 1.54) is 15.6 Å². The molecule has 1 saturated heterocycles. The summed E-state index contributed by atoms with van der Waals surface area (Å²) in [7, 11) is -3.36. The molecule has 1 aliphatic rings. The zero-order valence-electron chi connectivity index (χ0n) is 11.2. The van der Waals surface area contributed by atoms with E-state index in [0.717, 1.165) is 22.1 Å². The molecule has 1 aromatic rings. The van der Waals surface area contributed by atoms with E-state index in [-0.39, 0.29) is 0 Å². The number of thiophene rings is 1. The van der Waals surface area contributed by atoms with Crippen LogP contribution in [0.3, 0.4) is 0 Å². The van der Waals surface area contributed by atoms with Crippen molar-refractivity contribution in [3.8, 4) is 0 Å². The molecule has 5 nitrogen and oxygen atoms in total. The maximum atomic E-state index is 12.1. The molecule has 1 fully saturated rings. The van der Waals surface area contributed by atoms with Gasteiger partial charge < -0.3 is 5.73 Å². The van der Waals surface area contributed by atoms with E-state index in [4.69, 9.17) is 17.3 Å². The van der Waals surface area contributed by atoms with Crippen LogP contribution >= 0.6 is 22.9 Å². The van der Waals surface area contributed by atoms with E-state index in [0.29, 0.717) is 38.5 Å². The van der Waals surface area contributed by atoms with E-state index in [1.54, 1.807) is 0 Å². The molecule has 0 spiro atoms. The lowest BCUT2D eigenvalue weighted by Crippen LogP contribution is -2.46. The standard InChI is InChI=1S/C12H20ClN3O2S2/c13-12-2-1-11(19-12)3-6-15-20(17,18)16-7-4-10(9-14)5-8-16/h1-2,10,15H,3-9,14H2. The molecule has 1 aromatic heterocycles. The van der Waals surface area contributed by atoms with Crippen molar-refractivity contribution >= 4 is 33.1 Å². The fraction of sp³-hybridized carbons (Fsp3) is 0.667. The molecule has 8 heteroatoms. The number of hydrogen-bond donors (Lipinski definition) is 2. The van der Waals surface area contributed by atoms with Crippen molar-refractivity contribution in [1.29, 1.82) is 0 Å². The van der Waals surface area contributed by atoms with Crippen LogP contribution in [0.25, 0.3) is 0 Å². The maximum absolute atomic E-state index is 12.1. The lowest BCUT2D eigenvalue weighted by atomic mass is 9.99. The van der Waals surface area contributed by atoms with Crippen molar-refractivity contribution in [3.63, 3.8) is 0 Å². The second-order valence-electron chi connectivity index (χ2n) is 4.93. The molecule has 0 atom stereocenters. The molecule has 0 saturated carbocycles. The van der Waals surface area contributed by atoms with Gasteiger partial charge in [-0.05, 0) is 43.9 Å². The Morgan fingerprint density at radius 3 is 2.65 bits per heavy atom. The van der Waals surface area contributed by atoms with Gasteiger partial charge in [-0.25, -0.2) is 4.72 Å². The largest absolute Gasteiger partial charge is 0.330 e. The summed E-state index contributed by atoms with van der Waals surface area (Å²) in [5.74, 6) is 0.453. The molecule has 3 N–H and O–H groups in total. The minimum atomic E-state index is -3.36. The molecule has 0 radical (unpaired) electrons. The minimum absolute atomic E-state index is 0.399. The quantitative estimate of drug-likeness (QED) is 0.825. The van der Waals surface area contributed by atoms with Gasteiger partial charge in [0.25, 0.3) is 10.2 Å². The third-order valence-electron chi connectivity index (χ3n) is 3.53. The molecule has 114 valence electrons. The summed E-state index contributed by atoms with van der Waals surface area (Å²) in [6.07, 6.45) is 2.35. The number of halogens is 1. The molecule has 2 heterocycles. The zero-order valence-corrected chi connectivity index (χ0v) is 13.6. The molecule has 2 rings (SSSR count). The fourth-order valence-electron chi connectivity index (χ4n) is 2.27. The van der Waals surface area contributed by atoms with E-state index in [1.807, 2.05) is 12.1 Å². The fourth-order valence-corrected chi connectivity index (χ4v) is 4.59. The lowest BCUT2D eigenvalue weighted by Gasteiger charge is -2.30. The Morgan fingerprint density at radius 2 is 2.10 bits per heavy atom. The number of rotatable bonds is 6. The van der Waals surface area contributed by atoms with Crippen molar-refractivity contribution < 1.29 is 8.42 Å². The van der Waals surface area contributed by atoms with Crippen LogP contribution in [0.1, 0.15) is 17.7 Å². The molecule has 1 aliphatic heterocycles. The average molecular weight is 338 g/mol. The normalized spacial score (nSPS) is 18.5. The summed E-state index contributed by atoms with van der Waals surface area (Å²) in [4.78, 5) is 1.08. The number of hydrogen-bond acceptors (Lipinski definition) is 4. The maximum Gasteiger partial charge on any atom is 0.279 e. The first kappa shape index (κ1) is 16.2. The van der Waals surface area contributed by atoms with Gasteiger partial charge >= 0.3 is 0 Å². The summed E-state index contributed by atoms with van der Waals surface area (Å²) >= 11 is 7.32. The van der Waals surface area contributed by atoms with Crippen LogP contribution in [0.4, 0.5) is 0 Å². The minimum Gasteiger partial charge on any atom is -0.330 e. The van der Waals surface area contributed by atoms with Crippen LogP contribution in [0.15, 0.2) is 12.1 Å². The SMILES string of the molecule is NCC1CCN(S(=O)(=O)NCCc2ccc(Cl)s2)CC1. The first-order chi connectivity index (χ1) is 9.51. The summed E-state index contributed by atoms with van der Waals surface area (Å²) in [5, 5.41) is 0. The van der Waals surface area contributed by atoms with Gasteiger partial charge in [-0.3, -0.25) is 0 Å². The average Bonchev–Trinajstić information content (AvgIpc) is 2.84. The summed E-state index contributed by atoms with van der Waals surface area (Å²) < 4.78 is 29.2. The molecule has 20 heavy (non-hydrogen) atoms. The smallest absolute Gasteiger partial charge is 0.279 e. The van der Waals surface area contributed by atoms with Gasteiger partial charge in [-0.2, -0.15) is 12.7 Å². The van der Waals surface area contributed by atoms with Crippen LogP contribution in [0, 0.1) is 5.92 Å². The second kappa shape index (κ2) is 7.20. The highest BCUT2D eigenvalue weighted by atomic mass is 35.5. The predicted molar refractivity (Wildman–Crippen MR) is 83.3 cm³/mol. The first-order valence-corrected chi connectivity index (χ1v) is 9.34. The van der Waals surface area contributed by atoms with E-state index >= 15 is 0 Å². The molecular weight excluding hydrogens is 318 g/mol. The van der Waals surface area contributed by atoms with Crippen molar-refractivity contribution in [3.05, 3.63) is 21.3 Å². The Morgan fingerprint density at radius 1 is 1.40 bits per heavy atom. The molecule has 0 amide bonds. The van der Waals surface area contributed by atoms with Gasteiger partial charge in [0, 0.05) is 24.5 Å². The Hall–Kier alpha value is -0.180. The van der Waals surface area contributed by atoms with Gasteiger partial charge in [0.1, 0.15) is 0 Å². The molecule has 0 unspecified atom stereocenters. The highest BCUT2D eigenvalue weighted by Crippen LogP contribution is 2.22. The zero-order chi connectivity index (χ0) is 14.6. The van der Waals surface area contributed by atoms with Crippen LogP contribution in [0.5, 0.6) is 0 Å². The highest BCUT2D eigenvalue weighted by Gasteiger charge is 2.26. The Bertz CT molecular complexity index is 525. The van der Waals surface area contributed by atoms with Crippen molar-refractivity contribution in [2.24, 2.45) is 11.7 Å². The van der Waals surface area contributed by atoms with Crippen molar-refractivity contribution in [2.75, 3.05) is 26.2 Å². The third kappa shape index (κ3) is 4.41. The topological polar surface area (TPSA) is 75.4 Å². The van der Waals surface area contributed by atoms with Gasteiger partial charge in [-0.1, -0.05) is 11.6 Å². The van der Waals surface area contributed by atoms with Crippen LogP contribution < -0.4 is 10.5 Å².